The molecule has 2 aromatic rings. The summed E-state index contributed by atoms with van der Waals surface area (Å²) >= 11 is 0. The molecule has 0 bridgehead atoms. The van der Waals surface area contributed by atoms with Crippen LogP contribution in [-0.2, 0) is 4.79 Å². The molecule has 120 valence electrons. The van der Waals surface area contributed by atoms with Crippen molar-refractivity contribution in [2.45, 2.75) is 52.7 Å². The van der Waals surface area contributed by atoms with Gasteiger partial charge in [-0.1, -0.05) is 26.0 Å². The van der Waals surface area contributed by atoms with Crippen molar-refractivity contribution in [2.75, 3.05) is 0 Å². The van der Waals surface area contributed by atoms with Crippen molar-refractivity contribution in [1.29, 1.82) is 0 Å². The number of nitrogens with two attached hydrogens (primary N) is 1. The lowest BCUT2D eigenvalue weighted by Gasteiger charge is -2.21. The molecule has 22 heavy (non-hydrogen) atoms. The van der Waals surface area contributed by atoms with Crippen LogP contribution in [-0.4, -0.2) is 21.5 Å². The Hall–Kier alpha value is -1.88. The van der Waals surface area contributed by atoms with Crippen LogP contribution in [0.2, 0.25) is 0 Å². The maximum atomic E-state index is 12.2. The molecular weight excluding hydrogens is 276 g/mol. The van der Waals surface area contributed by atoms with Crippen LogP contribution in [0, 0.1) is 5.92 Å². The van der Waals surface area contributed by atoms with Crippen molar-refractivity contribution in [1.82, 2.24) is 14.9 Å². The minimum Gasteiger partial charge on any atom is -0.345 e. The van der Waals surface area contributed by atoms with E-state index in [1.165, 1.54) is 0 Å². The quantitative estimate of drug-likeness (QED) is 0.892. The van der Waals surface area contributed by atoms with E-state index < -0.39 is 6.04 Å². The molecule has 0 fully saturated rings. The molecule has 0 aliphatic rings. The Labute approximate surface area is 131 Å². The zero-order valence-electron chi connectivity index (χ0n) is 14.0. The van der Waals surface area contributed by atoms with Crippen LogP contribution in [0.15, 0.2) is 24.3 Å². The lowest BCUT2D eigenvalue weighted by molar-refractivity contribution is -0.123. The maximum absolute atomic E-state index is 12.2. The lowest BCUT2D eigenvalue weighted by Crippen LogP contribution is -2.45. The number of nitrogens with one attached hydrogen (secondary N) is 1. The van der Waals surface area contributed by atoms with E-state index in [4.69, 9.17) is 10.7 Å². The molecule has 0 saturated heterocycles. The number of carbonyl (C=O) groups is 1. The van der Waals surface area contributed by atoms with Crippen molar-refractivity contribution in [2.24, 2.45) is 11.7 Å². The molecule has 1 aromatic carbocycles. The molecule has 0 spiro atoms. The molecule has 3 N–H and O–H groups in total. The molecule has 1 aromatic heterocycles. The first kappa shape index (κ1) is 16.5. The van der Waals surface area contributed by atoms with Gasteiger partial charge in [0.1, 0.15) is 5.82 Å². The Morgan fingerprint density at radius 2 is 1.82 bits per heavy atom. The largest absolute Gasteiger partial charge is 0.345 e. The van der Waals surface area contributed by atoms with Crippen LogP contribution in [0.3, 0.4) is 0 Å². The highest BCUT2D eigenvalue weighted by Crippen LogP contribution is 2.24. The summed E-state index contributed by atoms with van der Waals surface area (Å²) in [7, 11) is 0. The summed E-state index contributed by atoms with van der Waals surface area (Å²) in [6.07, 6.45) is 0. The number of amides is 1. The number of nitrogens with zero attached hydrogens (tertiary/aromatic N) is 2. The maximum Gasteiger partial charge on any atom is 0.237 e. The summed E-state index contributed by atoms with van der Waals surface area (Å²) in [4.78, 5) is 16.9. The third-order valence-electron chi connectivity index (χ3n) is 3.91. The van der Waals surface area contributed by atoms with Gasteiger partial charge < -0.3 is 15.6 Å². The van der Waals surface area contributed by atoms with E-state index in [2.05, 4.69) is 29.8 Å². The van der Waals surface area contributed by atoms with Gasteiger partial charge in [-0.25, -0.2) is 4.98 Å². The molecule has 0 aliphatic carbocycles. The highest BCUT2D eigenvalue weighted by molar-refractivity contribution is 5.82. The Bertz CT molecular complexity index is 660. The van der Waals surface area contributed by atoms with Gasteiger partial charge in [-0.15, -0.1) is 0 Å². The van der Waals surface area contributed by atoms with Gasteiger partial charge in [0.15, 0.2) is 0 Å². The Kier molecular flexibility index (Phi) is 4.86. The Morgan fingerprint density at radius 3 is 2.41 bits per heavy atom. The van der Waals surface area contributed by atoms with Gasteiger partial charge in [0, 0.05) is 6.04 Å². The standard InChI is InChI=1S/C17H26N4O/c1-10(2)15(18)17(22)19-12(5)16-20-13-8-6-7-9-14(13)21(16)11(3)4/h6-12,15H,18H2,1-5H3,(H,19,22). The smallest absolute Gasteiger partial charge is 0.237 e. The number of rotatable bonds is 5. The number of hydrogen-bond donors (Lipinski definition) is 2. The number of benzene rings is 1. The lowest BCUT2D eigenvalue weighted by atomic mass is 10.0. The molecule has 2 atom stereocenters. The van der Waals surface area contributed by atoms with Crippen molar-refractivity contribution in [3.05, 3.63) is 30.1 Å². The van der Waals surface area contributed by atoms with E-state index in [1.54, 1.807) is 0 Å². The second-order valence-electron chi connectivity index (χ2n) is 6.42. The molecule has 2 unspecified atom stereocenters. The number of imidazole rings is 1. The van der Waals surface area contributed by atoms with E-state index >= 15 is 0 Å². The number of aromatic nitrogens is 2. The highest BCUT2D eigenvalue weighted by atomic mass is 16.2. The molecule has 0 saturated carbocycles. The van der Waals surface area contributed by atoms with Gasteiger partial charge in [-0.3, -0.25) is 4.79 Å². The fraction of sp³-hybridized carbons (Fsp3) is 0.529. The molecule has 5 heteroatoms. The molecule has 0 radical (unpaired) electrons. The predicted molar refractivity (Wildman–Crippen MR) is 89.5 cm³/mol. The molecule has 1 heterocycles. The summed E-state index contributed by atoms with van der Waals surface area (Å²) in [6, 6.07) is 7.60. The summed E-state index contributed by atoms with van der Waals surface area (Å²) in [5.41, 5.74) is 7.95. The number of para-hydroxylation sites is 2. The molecular formula is C17H26N4O. The van der Waals surface area contributed by atoms with E-state index in [0.29, 0.717) is 0 Å². The van der Waals surface area contributed by atoms with Crippen molar-refractivity contribution in [3.8, 4) is 0 Å². The van der Waals surface area contributed by atoms with Crippen LogP contribution >= 0.6 is 0 Å². The summed E-state index contributed by atoms with van der Waals surface area (Å²) in [6.45, 7) is 10.1. The van der Waals surface area contributed by atoms with Gasteiger partial charge >= 0.3 is 0 Å². The average molecular weight is 302 g/mol. The predicted octanol–water partition coefficient (Wildman–Crippen LogP) is 2.78. The van der Waals surface area contributed by atoms with Crippen LogP contribution in [0.4, 0.5) is 0 Å². The van der Waals surface area contributed by atoms with Gasteiger partial charge in [0.05, 0.1) is 23.1 Å². The van der Waals surface area contributed by atoms with Crippen molar-refractivity contribution >= 4 is 16.9 Å². The van der Waals surface area contributed by atoms with Crippen molar-refractivity contribution < 1.29 is 4.79 Å². The minimum atomic E-state index is -0.501. The normalized spacial score (nSPS) is 14.5. The van der Waals surface area contributed by atoms with E-state index in [9.17, 15) is 4.79 Å². The second-order valence-corrected chi connectivity index (χ2v) is 6.42. The fourth-order valence-corrected chi connectivity index (χ4v) is 2.59. The third-order valence-corrected chi connectivity index (χ3v) is 3.91. The van der Waals surface area contributed by atoms with Gasteiger partial charge in [0.25, 0.3) is 0 Å². The minimum absolute atomic E-state index is 0.108. The topological polar surface area (TPSA) is 72.9 Å². The zero-order chi connectivity index (χ0) is 16.4. The van der Waals surface area contributed by atoms with Crippen LogP contribution < -0.4 is 11.1 Å². The highest BCUT2D eigenvalue weighted by Gasteiger charge is 2.23. The number of carbonyl (C=O) groups excluding carboxylic acids is 1. The molecule has 0 aliphatic heterocycles. The fourth-order valence-electron chi connectivity index (χ4n) is 2.59. The first-order valence-corrected chi connectivity index (χ1v) is 7.85. The molecule has 5 nitrogen and oxygen atoms in total. The Balaban J connectivity index is 2.33. The van der Waals surface area contributed by atoms with Gasteiger partial charge in [0.2, 0.25) is 5.91 Å². The average Bonchev–Trinajstić information content (AvgIpc) is 2.85. The monoisotopic (exact) mass is 302 g/mol. The van der Waals surface area contributed by atoms with E-state index in [1.807, 2.05) is 39.0 Å². The SMILES string of the molecule is CC(NC(=O)C(N)C(C)C)c1nc2ccccc2n1C(C)C. The van der Waals surface area contributed by atoms with Crippen LogP contribution in [0.5, 0.6) is 0 Å². The summed E-state index contributed by atoms with van der Waals surface area (Å²) < 4.78 is 2.17. The molecule has 1 amide bonds. The van der Waals surface area contributed by atoms with Gasteiger partial charge in [-0.2, -0.15) is 0 Å². The first-order chi connectivity index (χ1) is 10.3. The van der Waals surface area contributed by atoms with Gasteiger partial charge in [-0.05, 0) is 38.8 Å². The number of fused-ring (bicyclic) bond motifs is 1. The Morgan fingerprint density at radius 1 is 1.18 bits per heavy atom. The number of hydrogen-bond acceptors (Lipinski definition) is 3. The van der Waals surface area contributed by atoms with Crippen molar-refractivity contribution in [3.63, 3.8) is 0 Å². The van der Waals surface area contributed by atoms with E-state index in [0.717, 1.165) is 16.9 Å². The summed E-state index contributed by atoms with van der Waals surface area (Å²) in [5, 5.41) is 2.99. The zero-order valence-corrected chi connectivity index (χ0v) is 14.0. The van der Waals surface area contributed by atoms with Crippen LogP contribution in [0.1, 0.15) is 52.5 Å². The summed E-state index contributed by atoms with van der Waals surface area (Å²) in [5.74, 6) is 0.835. The molecule has 2 rings (SSSR count). The van der Waals surface area contributed by atoms with E-state index in [-0.39, 0.29) is 23.9 Å². The third kappa shape index (κ3) is 3.14. The second kappa shape index (κ2) is 6.48. The van der Waals surface area contributed by atoms with Crippen LogP contribution in [0.25, 0.3) is 11.0 Å². The first-order valence-electron chi connectivity index (χ1n) is 7.85.